The third-order valence-corrected chi connectivity index (χ3v) is 5.45. The molecule has 1 aliphatic carbocycles. The average Bonchev–Trinajstić information content (AvgIpc) is 2.89. The van der Waals surface area contributed by atoms with Crippen LogP contribution in [0.5, 0.6) is 0 Å². The van der Waals surface area contributed by atoms with E-state index in [2.05, 4.69) is 58.6 Å². The van der Waals surface area contributed by atoms with Crippen LogP contribution < -0.4 is 0 Å². The van der Waals surface area contributed by atoms with Crippen molar-refractivity contribution in [1.82, 2.24) is 0 Å². The molecule has 0 radical (unpaired) electrons. The third kappa shape index (κ3) is 9.23. The molecule has 0 N–H and O–H groups in total. The lowest BCUT2D eigenvalue weighted by Gasteiger charge is -2.23. The van der Waals surface area contributed by atoms with Gasteiger partial charge >= 0.3 is 0 Å². The first-order valence-corrected chi connectivity index (χ1v) is 10.3. The molecule has 142 valence electrons. The molecule has 0 aliphatic heterocycles. The molecule has 0 saturated heterocycles. The maximum absolute atomic E-state index is 12.2. The lowest BCUT2D eigenvalue weighted by atomic mass is 9.83. The van der Waals surface area contributed by atoms with Gasteiger partial charge in [-0.1, -0.05) is 63.5 Å². The van der Waals surface area contributed by atoms with Crippen LogP contribution in [0.4, 0.5) is 0 Å². The molecule has 2 atom stereocenters. The van der Waals surface area contributed by atoms with Gasteiger partial charge in [0.15, 0.2) is 0 Å². The second kappa shape index (κ2) is 11.5. The maximum Gasteiger partial charge on any atom is 0.136 e. The molecule has 1 rings (SSSR count). The van der Waals surface area contributed by atoms with E-state index in [1.54, 1.807) is 0 Å². The standard InChI is InChI=1S/C24H40O/c1-6-7-18-24(4,5)19-12-14-21-16-17-23(25)22(21)15-11-9-8-10-13-20(2)3/h9,11-12,14,21-22H,2,6-8,10,13,15-19H2,1,3-5H3/b11-9-,14-12+/t21?,22-/m1/s1. The second-order valence-corrected chi connectivity index (χ2v) is 8.73. The topological polar surface area (TPSA) is 17.1 Å². The molecule has 1 heteroatoms. The minimum Gasteiger partial charge on any atom is -0.299 e. The monoisotopic (exact) mass is 344 g/mol. The molecule has 0 aromatic heterocycles. The summed E-state index contributed by atoms with van der Waals surface area (Å²) in [5.74, 6) is 1.13. The highest BCUT2D eigenvalue weighted by atomic mass is 16.1. The van der Waals surface area contributed by atoms with Gasteiger partial charge in [0.25, 0.3) is 0 Å². The zero-order valence-electron chi connectivity index (χ0n) is 17.2. The minimum absolute atomic E-state index is 0.215. The van der Waals surface area contributed by atoms with E-state index in [4.69, 9.17) is 0 Å². The fourth-order valence-corrected chi connectivity index (χ4v) is 3.67. The summed E-state index contributed by atoms with van der Waals surface area (Å²) in [5, 5.41) is 0. The van der Waals surface area contributed by atoms with Crippen molar-refractivity contribution >= 4 is 5.78 Å². The molecule has 1 nitrogen and oxygen atoms in total. The Morgan fingerprint density at radius 1 is 1.24 bits per heavy atom. The Hall–Kier alpha value is -1.11. The van der Waals surface area contributed by atoms with E-state index in [0.717, 1.165) is 38.5 Å². The van der Waals surface area contributed by atoms with Crippen LogP contribution in [0.1, 0.15) is 91.9 Å². The Morgan fingerprint density at radius 3 is 2.68 bits per heavy atom. The number of ketones is 1. The molecule has 0 spiro atoms. The van der Waals surface area contributed by atoms with Gasteiger partial charge in [0.2, 0.25) is 0 Å². The summed E-state index contributed by atoms with van der Waals surface area (Å²) in [5.41, 5.74) is 1.64. The SMILES string of the molecule is C=C(C)CCC/C=C\C[C@H]1C(=O)CCC1/C=C/CC(C)(C)CCCC. The number of hydrogen-bond donors (Lipinski definition) is 0. The summed E-state index contributed by atoms with van der Waals surface area (Å²) in [6.07, 6.45) is 20.3. The quantitative estimate of drug-likeness (QED) is 0.265. The van der Waals surface area contributed by atoms with Gasteiger partial charge in [0, 0.05) is 12.3 Å². The van der Waals surface area contributed by atoms with Crippen LogP contribution in [0.2, 0.25) is 0 Å². The number of rotatable bonds is 12. The highest BCUT2D eigenvalue weighted by Crippen LogP contribution is 2.34. The summed E-state index contributed by atoms with van der Waals surface area (Å²) >= 11 is 0. The number of hydrogen-bond acceptors (Lipinski definition) is 1. The second-order valence-electron chi connectivity index (χ2n) is 8.73. The highest BCUT2D eigenvalue weighted by Gasteiger charge is 2.31. The summed E-state index contributed by atoms with van der Waals surface area (Å²) in [7, 11) is 0. The number of unbranched alkanes of at least 4 members (excludes halogenated alkanes) is 2. The van der Waals surface area contributed by atoms with Gasteiger partial charge in [-0.2, -0.15) is 0 Å². The summed E-state index contributed by atoms with van der Waals surface area (Å²) in [6.45, 7) is 13.0. The van der Waals surface area contributed by atoms with Crippen LogP contribution in [-0.2, 0) is 4.79 Å². The summed E-state index contributed by atoms with van der Waals surface area (Å²) in [6, 6.07) is 0. The summed E-state index contributed by atoms with van der Waals surface area (Å²) in [4.78, 5) is 12.2. The van der Waals surface area contributed by atoms with E-state index in [0.29, 0.717) is 17.1 Å². The van der Waals surface area contributed by atoms with Gasteiger partial charge in [-0.25, -0.2) is 0 Å². The molecule has 0 aromatic carbocycles. The first-order chi connectivity index (χ1) is 11.9. The van der Waals surface area contributed by atoms with Crippen molar-refractivity contribution in [3.8, 4) is 0 Å². The molecule has 1 aliphatic rings. The predicted molar refractivity (Wildman–Crippen MR) is 111 cm³/mol. The van der Waals surface area contributed by atoms with E-state index >= 15 is 0 Å². The normalized spacial score (nSPS) is 21.7. The first kappa shape index (κ1) is 21.9. The van der Waals surface area contributed by atoms with E-state index < -0.39 is 0 Å². The fraction of sp³-hybridized carbons (Fsp3) is 0.708. The van der Waals surface area contributed by atoms with E-state index in [-0.39, 0.29) is 5.92 Å². The van der Waals surface area contributed by atoms with Crippen molar-refractivity contribution in [1.29, 1.82) is 0 Å². The highest BCUT2D eigenvalue weighted by molar-refractivity contribution is 5.83. The Balaban J connectivity index is 2.42. The van der Waals surface area contributed by atoms with Gasteiger partial charge in [0.05, 0.1) is 0 Å². The zero-order valence-corrected chi connectivity index (χ0v) is 17.2. The predicted octanol–water partition coefficient (Wildman–Crippen LogP) is 7.44. The van der Waals surface area contributed by atoms with Gasteiger partial charge in [0.1, 0.15) is 5.78 Å². The van der Waals surface area contributed by atoms with Gasteiger partial charge in [-0.3, -0.25) is 4.79 Å². The molecule has 1 saturated carbocycles. The molecular formula is C24H40O. The lowest BCUT2D eigenvalue weighted by Crippen LogP contribution is -2.13. The van der Waals surface area contributed by atoms with Crippen LogP contribution in [0, 0.1) is 17.3 Å². The molecule has 1 fully saturated rings. The molecule has 0 amide bonds. The van der Waals surface area contributed by atoms with Crippen molar-refractivity contribution in [2.24, 2.45) is 17.3 Å². The van der Waals surface area contributed by atoms with Crippen LogP contribution >= 0.6 is 0 Å². The van der Waals surface area contributed by atoms with Crippen LogP contribution in [-0.4, -0.2) is 5.78 Å². The summed E-state index contributed by atoms with van der Waals surface area (Å²) < 4.78 is 0. The zero-order chi connectivity index (χ0) is 18.7. The number of carbonyl (C=O) groups is 1. The van der Waals surface area contributed by atoms with E-state index in [1.165, 1.54) is 31.3 Å². The number of Topliss-reactive ketones (excluding diaryl/α,β-unsaturated/α-hetero) is 1. The third-order valence-electron chi connectivity index (χ3n) is 5.45. The minimum atomic E-state index is 0.215. The van der Waals surface area contributed by atoms with Crippen LogP contribution in [0.3, 0.4) is 0 Å². The van der Waals surface area contributed by atoms with Gasteiger partial charge in [-0.15, -0.1) is 6.58 Å². The smallest absolute Gasteiger partial charge is 0.136 e. The average molecular weight is 345 g/mol. The van der Waals surface area contributed by atoms with Crippen LogP contribution in [0.15, 0.2) is 36.5 Å². The fourth-order valence-electron chi connectivity index (χ4n) is 3.67. The van der Waals surface area contributed by atoms with Gasteiger partial charge in [-0.05, 0) is 63.2 Å². The molecule has 25 heavy (non-hydrogen) atoms. The largest absolute Gasteiger partial charge is 0.299 e. The first-order valence-electron chi connectivity index (χ1n) is 10.3. The maximum atomic E-state index is 12.2. The molecular weight excluding hydrogens is 304 g/mol. The van der Waals surface area contributed by atoms with E-state index in [9.17, 15) is 4.79 Å². The van der Waals surface area contributed by atoms with Crippen LogP contribution in [0.25, 0.3) is 0 Å². The van der Waals surface area contributed by atoms with Crippen molar-refractivity contribution in [3.63, 3.8) is 0 Å². The Labute approximate surface area is 156 Å². The van der Waals surface area contributed by atoms with Gasteiger partial charge < -0.3 is 0 Å². The van der Waals surface area contributed by atoms with Crippen molar-refractivity contribution in [3.05, 3.63) is 36.5 Å². The molecule has 0 bridgehead atoms. The number of carbonyl (C=O) groups excluding carboxylic acids is 1. The lowest BCUT2D eigenvalue weighted by molar-refractivity contribution is -0.120. The van der Waals surface area contributed by atoms with Crippen molar-refractivity contribution in [2.45, 2.75) is 91.9 Å². The van der Waals surface area contributed by atoms with Crippen molar-refractivity contribution in [2.75, 3.05) is 0 Å². The molecule has 1 unspecified atom stereocenters. The molecule has 0 aromatic rings. The Bertz CT molecular complexity index is 466. The molecule has 0 heterocycles. The Morgan fingerprint density at radius 2 is 2.00 bits per heavy atom. The number of allylic oxidation sites excluding steroid dienone is 5. The van der Waals surface area contributed by atoms with E-state index in [1.807, 2.05) is 0 Å². The van der Waals surface area contributed by atoms with Crippen molar-refractivity contribution < 1.29 is 4.79 Å². The Kier molecular flexibility index (Phi) is 10.1.